The van der Waals surface area contributed by atoms with Crippen LogP contribution in [0.2, 0.25) is 0 Å². The van der Waals surface area contributed by atoms with Gasteiger partial charge in [0.1, 0.15) is 39.6 Å². The number of esters is 6. The van der Waals surface area contributed by atoms with E-state index in [0.29, 0.717) is 38.5 Å². The summed E-state index contributed by atoms with van der Waals surface area (Å²) in [6, 6.07) is 0. The van der Waals surface area contributed by atoms with E-state index in [1.807, 2.05) is 0 Å². The number of ether oxygens (including phenoxy) is 7. The zero-order valence-electron chi connectivity index (χ0n) is 67.6. The molecule has 13 nitrogen and oxygen atoms in total. The average molecular weight is 1430 g/mol. The SMILES string of the molecule is CCCCCCCCCCCCC(=O)OCC(COCC(COC(=O)CCCCCCCCCCCC)(COC(=O)CCCCCCCCCCCC)COC(=O)CCCCCCCCCCCC)(COC(=O)CCCCCCCCCCCC)COC(=O)CCCCCCCCCCCC. The fourth-order valence-electron chi connectivity index (χ4n) is 13.4. The lowest BCUT2D eigenvalue weighted by Crippen LogP contribution is -2.47. The largest absolute Gasteiger partial charge is 0.465 e. The van der Waals surface area contributed by atoms with Crippen LogP contribution in [0.4, 0.5) is 0 Å². The molecular formula is C88H166O13. The Morgan fingerprint density at radius 1 is 0.158 bits per heavy atom. The molecule has 13 heteroatoms. The highest BCUT2D eigenvalue weighted by atomic mass is 16.6. The van der Waals surface area contributed by atoms with Crippen molar-refractivity contribution < 1.29 is 61.9 Å². The van der Waals surface area contributed by atoms with Gasteiger partial charge in [-0.3, -0.25) is 28.8 Å². The molecule has 0 spiro atoms. The summed E-state index contributed by atoms with van der Waals surface area (Å²) in [6.45, 7) is 11.4. The first-order valence-corrected chi connectivity index (χ1v) is 44.0. The van der Waals surface area contributed by atoms with Gasteiger partial charge in [-0.05, 0) is 38.5 Å². The van der Waals surface area contributed by atoms with E-state index in [4.69, 9.17) is 33.2 Å². The lowest BCUT2D eigenvalue weighted by atomic mass is 9.90. The van der Waals surface area contributed by atoms with Crippen LogP contribution >= 0.6 is 0 Å². The van der Waals surface area contributed by atoms with Gasteiger partial charge in [0.25, 0.3) is 0 Å². The topological polar surface area (TPSA) is 167 Å². The van der Waals surface area contributed by atoms with E-state index in [0.717, 1.165) is 116 Å². The minimum Gasteiger partial charge on any atom is -0.465 e. The van der Waals surface area contributed by atoms with Crippen molar-refractivity contribution >= 4 is 35.8 Å². The smallest absolute Gasteiger partial charge is 0.305 e. The first-order valence-electron chi connectivity index (χ1n) is 44.0. The highest BCUT2D eigenvalue weighted by Crippen LogP contribution is 2.29. The highest BCUT2D eigenvalue weighted by molar-refractivity contribution is 5.71. The van der Waals surface area contributed by atoms with E-state index in [1.165, 1.54) is 231 Å². The van der Waals surface area contributed by atoms with E-state index in [9.17, 15) is 28.8 Å². The van der Waals surface area contributed by atoms with Gasteiger partial charge in [-0.2, -0.15) is 0 Å². The van der Waals surface area contributed by atoms with E-state index >= 15 is 0 Å². The molecule has 0 saturated heterocycles. The molecule has 596 valence electrons. The summed E-state index contributed by atoms with van der Waals surface area (Å²) in [5.41, 5.74) is -2.71. The minimum atomic E-state index is -1.36. The quantitative estimate of drug-likeness (QED) is 0.0321. The Morgan fingerprint density at radius 3 is 0.386 bits per heavy atom. The predicted octanol–water partition coefficient (Wildman–Crippen LogP) is 26.1. The number of rotatable bonds is 82. The summed E-state index contributed by atoms with van der Waals surface area (Å²) in [4.78, 5) is 83.1. The monoisotopic (exact) mass is 1430 g/mol. The maximum Gasteiger partial charge on any atom is 0.305 e. The van der Waals surface area contributed by atoms with Crippen molar-refractivity contribution in [2.45, 2.75) is 465 Å². The fraction of sp³-hybridized carbons (Fsp3) is 0.932. The molecule has 0 aromatic carbocycles. The van der Waals surface area contributed by atoms with E-state index in [-0.39, 0.29) is 91.4 Å². The number of unbranched alkanes of at least 4 members (excludes halogenated alkanes) is 54. The Balaban J connectivity index is 7.15. The maximum absolute atomic E-state index is 13.8. The third kappa shape index (κ3) is 68.4. The number of carbonyl (C=O) groups excluding carboxylic acids is 6. The number of carbonyl (C=O) groups is 6. The van der Waals surface area contributed by atoms with Gasteiger partial charge in [0.05, 0.1) is 24.0 Å². The van der Waals surface area contributed by atoms with Crippen molar-refractivity contribution in [3.63, 3.8) is 0 Å². The molecule has 0 aliphatic heterocycles. The van der Waals surface area contributed by atoms with Crippen LogP contribution in [0, 0.1) is 10.8 Å². The standard InChI is InChI=1S/C88H166O13/c1-7-13-19-25-31-37-43-49-55-61-67-81(89)96-75-87(76-97-82(90)68-62-56-50-44-38-32-26-20-14-8-2,77-98-83(91)69-63-57-51-45-39-33-27-21-15-9-3)73-95-74-88(78-99-84(92)70-64-58-52-46-40-34-28-22-16-10-4,79-100-85(93)71-65-59-53-47-41-35-29-23-17-11-5)80-101-86(94)72-66-60-54-48-42-36-30-24-18-12-6/h7-80H2,1-6H3. The normalized spacial score (nSPS) is 11.7. The van der Waals surface area contributed by atoms with Crippen molar-refractivity contribution in [1.29, 1.82) is 0 Å². The molecule has 0 aliphatic rings. The predicted molar refractivity (Wildman–Crippen MR) is 420 cm³/mol. The molecule has 0 fully saturated rings. The average Bonchev–Trinajstić information content (AvgIpc) is 0.847. The van der Waals surface area contributed by atoms with Crippen molar-refractivity contribution in [3.05, 3.63) is 0 Å². The van der Waals surface area contributed by atoms with Gasteiger partial charge in [-0.15, -0.1) is 0 Å². The number of hydrogen-bond donors (Lipinski definition) is 0. The Labute approximate surface area is 623 Å². The Morgan fingerprint density at radius 2 is 0.267 bits per heavy atom. The molecular weight excluding hydrogens is 1260 g/mol. The van der Waals surface area contributed by atoms with Gasteiger partial charge in [0.2, 0.25) is 0 Å². The van der Waals surface area contributed by atoms with Crippen molar-refractivity contribution in [2.75, 3.05) is 52.9 Å². The van der Waals surface area contributed by atoms with Crippen LogP contribution in [0.1, 0.15) is 465 Å². The minimum absolute atomic E-state index is 0.215. The van der Waals surface area contributed by atoms with Crippen molar-refractivity contribution in [2.24, 2.45) is 10.8 Å². The molecule has 0 heterocycles. The van der Waals surface area contributed by atoms with E-state index in [1.54, 1.807) is 0 Å². The molecule has 0 N–H and O–H groups in total. The Hall–Kier alpha value is -3.22. The molecule has 0 saturated carbocycles. The molecule has 0 aliphatic carbocycles. The molecule has 0 aromatic heterocycles. The van der Waals surface area contributed by atoms with Crippen LogP contribution in [0.15, 0.2) is 0 Å². The molecule has 0 aromatic rings. The van der Waals surface area contributed by atoms with Crippen LogP contribution in [0.25, 0.3) is 0 Å². The summed E-state index contributed by atoms with van der Waals surface area (Å²) >= 11 is 0. The first kappa shape index (κ1) is 97.8. The van der Waals surface area contributed by atoms with Gasteiger partial charge in [-0.1, -0.05) is 388 Å². The van der Waals surface area contributed by atoms with Gasteiger partial charge < -0.3 is 33.2 Å². The molecule has 0 unspecified atom stereocenters. The fourth-order valence-corrected chi connectivity index (χ4v) is 13.4. The summed E-state index contributed by atoms with van der Waals surface area (Å²) in [7, 11) is 0. The molecule has 0 atom stereocenters. The first-order chi connectivity index (χ1) is 49.4. The molecule has 0 radical (unpaired) electrons. The molecule has 0 bridgehead atoms. The van der Waals surface area contributed by atoms with Gasteiger partial charge in [0, 0.05) is 38.5 Å². The maximum atomic E-state index is 13.8. The van der Waals surface area contributed by atoms with E-state index < -0.39 is 46.6 Å². The summed E-state index contributed by atoms with van der Waals surface area (Å²) < 4.78 is 43.8. The Kier molecular flexibility index (Phi) is 74.0. The van der Waals surface area contributed by atoms with Crippen LogP contribution in [-0.2, 0) is 61.9 Å². The van der Waals surface area contributed by atoms with Crippen LogP contribution in [0.5, 0.6) is 0 Å². The van der Waals surface area contributed by atoms with Crippen LogP contribution in [-0.4, -0.2) is 88.7 Å². The second-order valence-electron chi connectivity index (χ2n) is 31.0. The van der Waals surface area contributed by atoms with Crippen LogP contribution in [0.3, 0.4) is 0 Å². The van der Waals surface area contributed by atoms with Gasteiger partial charge in [0.15, 0.2) is 0 Å². The summed E-state index contributed by atoms with van der Waals surface area (Å²) in [5, 5.41) is 0. The zero-order valence-corrected chi connectivity index (χ0v) is 67.6. The lowest BCUT2D eigenvalue weighted by molar-refractivity contribution is -0.175. The molecule has 0 rings (SSSR count). The zero-order chi connectivity index (χ0) is 73.7. The van der Waals surface area contributed by atoms with E-state index in [2.05, 4.69) is 41.5 Å². The number of hydrogen-bond acceptors (Lipinski definition) is 13. The third-order valence-electron chi connectivity index (χ3n) is 20.5. The highest BCUT2D eigenvalue weighted by Gasteiger charge is 2.41. The summed E-state index contributed by atoms with van der Waals surface area (Å²) in [6.07, 6.45) is 68.8. The molecule has 0 amide bonds. The van der Waals surface area contributed by atoms with Crippen molar-refractivity contribution in [1.82, 2.24) is 0 Å². The molecule has 101 heavy (non-hydrogen) atoms. The van der Waals surface area contributed by atoms with Crippen LogP contribution < -0.4 is 0 Å². The van der Waals surface area contributed by atoms with Gasteiger partial charge >= 0.3 is 35.8 Å². The third-order valence-corrected chi connectivity index (χ3v) is 20.5. The second-order valence-corrected chi connectivity index (χ2v) is 31.0. The summed E-state index contributed by atoms with van der Waals surface area (Å²) in [5.74, 6) is -2.36. The lowest BCUT2D eigenvalue weighted by Gasteiger charge is -2.35. The second kappa shape index (κ2) is 76.4. The Bertz CT molecular complexity index is 1510. The van der Waals surface area contributed by atoms with Gasteiger partial charge in [-0.25, -0.2) is 0 Å². The van der Waals surface area contributed by atoms with Crippen molar-refractivity contribution in [3.8, 4) is 0 Å².